The molecule has 0 bridgehead atoms. The van der Waals surface area contributed by atoms with Crippen LogP contribution in [0.25, 0.3) is 0 Å². The quantitative estimate of drug-likeness (QED) is 0.166. The van der Waals surface area contributed by atoms with Crippen molar-refractivity contribution in [2.75, 3.05) is 11.9 Å². The molecule has 2 rings (SSSR count). The van der Waals surface area contributed by atoms with E-state index in [0.717, 1.165) is 31.4 Å². The average molecular weight is 540 g/mol. The largest absolute Gasteiger partial charge is 0.477 e. The number of hydrogen-bond acceptors (Lipinski definition) is 6. The van der Waals surface area contributed by atoms with Crippen LogP contribution < -0.4 is 15.8 Å². The molecule has 1 heterocycles. The van der Waals surface area contributed by atoms with Crippen molar-refractivity contribution >= 4 is 11.5 Å². The van der Waals surface area contributed by atoms with Gasteiger partial charge in [0.25, 0.3) is 0 Å². The molecule has 0 aliphatic carbocycles. The Balaban J connectivity index is 0.000000640. The van der Waals surface area contributed by atoms with E-state index in [0.29, 0.717) is 23.7 Å². The van der Waals surface area contributed by atoms with E-state index in [1.54, 1.807) is 29.5 Å². The summed E-state index contributed by atoms with van der Waals surface area (Å²) in [7, 11) is 0. The number of allylic oxidation sites excluding steroid dienone is 2. The summed E-state index contributed by atoms with van der Waals surface area (Å²) in [5.41, 5.74) is 10.5. The second-order valence-electron chi connectivity index (χ2n) is 9.33. The highest BCUT2D eigenvalue weighted by Gasteiger charge is 2.11. The molecule has 1 atom stereocenters. The topological polar surface area (TPSA) is 97.5 Å². The maximum Gasteiger partial charge on any atom is 0.224 e. The van der Waals surface area contributed by atoms with E-state index >= 15 is 0 Å². The molecule has 39 heavy (non-hydrogen) atoms. The van der Waals surface area contributed by atoms with E-state index in [1.165, 1.54) is 38.8 Å². The maximum atomic E-state index is 11.7. The van der Waals surface area contributed by atoms with Gasteiger partial charge in [0.05, 0.1) is 30.2 Å². The van der Waals surface area contributed by atoms with E-state index in [9.17, 15) is 4.79 Å². The smallest absolute Gasteiger partial charge is 0.224 e. The van der Waals surface area contributed by atoms with Crippen LogP contribution in [0.4, 0.5) is 5.69 Å². The summed E-state index contributed by atoms with van der Waals surface area (Å²) in [5.74, 6) is 0.296. The Morgan fingerprint density at radius 1 is 1.05 bits per heavy atom. The summed E-state index contributed by atoms with van der Waals surface area (Å²) < 4.78 is 5.47. The molecule has 6 nitrogen and oxygen atoms in total. The van der Waals surface area contributed by atoms with Crippen LogP contribution in [-0.4, -0.2) is 28.6 Å². The molecule has 0 saturated heterocycles. The Hall–Kier alpha value is -3.12. The molecule has 0 fully saturated rings. The number of aryl methyl sites for hydroxylation is 2. The molecule has 0 amide bonds. The number of nitrogens with zero attached hydrogens (tertiary/aromatic N) is 1. The summed E-state index contributed by atoms with van der Waals surface area (Å²) in [6.07, 6.45) is 15.4. The zero-order chi connectivity index (χ0) is 29.5. The van der Waals surface area contributed by atoms with Crippen LogP contribution in [0, 0.1) is 0 Å². The maximum absolute atomic E-state index is 11.7. The Bertz CT molecular complexity index is 961. The van der Waals surface area contributed by atoms with Crippen LogP contribution in [0.5, 0.6) is 5.88 Å². The first-order chi connectivity index (χ1) is 18.8. The van der Waals surface area contributed by atoms with Crippen LogP contribution in [0.1, 0.15) is 108 Å². The number of rotatable bonds is 14. The fourth-order valence-corrected chi connectivity index (χ4v) is 3.69. The molecule has 1 aromatic carbocycles. The van der Waals surface area contributed by atoms with Crippen molar-refractivity contribution in [2.24, 2.45) is 5.73 Å². The summed E-state index contributed by atoms with van der Waals surface area (Å²) >= 11 is 0. The molecule has 0 radical (unpaired) electrons. The van der Waals surface area contributed by atoms with Crippen molar-refractivity contribution in [3.8, 4) is 5.88 Å². The summed E-state index contributed by atoms with van der Waals surface area (Å²) in [5, 5.41) is 12.0. The number of carbonyl (C=O) groups excluding carboxylic acids is 1. The average Bonchev–Trinajstić information content (AvgIpc) is 2.94. The lowest BCUT2D eigenvalue weighted by Gasteiger charge is -2.11. The standard InChI is InChI=1S/C15H21N3O2.C12H18.C6H14O/c1-4-8-20-15-14(11(3)19)9-13(10-17-15)18-12(5-2)6-7-16;1-3-7-11-9-5-6-10-12(11)8-4-2;1-3-5-6(7)4-2/h5-7,9-10,18H,4,8,16H2,1-3H3;5-6,9-10H,3-4,7-8H2,1-2H3;6-7H,3-5H2,1-2H3/b7-6-,12-5+;;. The molecule has 6 heteroatoms. The lowest BCUT2D eigenvalue weighted by atomic mass is 10.00. The number of anilines is 1. The molecule has 0 aliphatic rings. The highest BCUT2D eigenvalue weighted by Crippen LogP contribution is 2.21. The second-order valence-corrected chi connectivity index (χ2v) is 9.33. The van der Waals surface area contributed by atoms with E-state index < -0.39 is 0 Å². The van der Waals surface area contributed by atoms with Crippen LogP contribution in [0.2, 0.25) is 0 Å². The van der Waals surface area contributed by atoms with Crippen LogP contribution >= 0.6 is 0 Å². The third-order valence-electron chi connectivity index (χ3n) is 5.80. The summed E-state index contributed by atoms with van der Waals surface area (Å²) in [6.45, 7) is 14.5. The Kier molecular flexibility index (Phi) is 21.0. The number of aromatic nitrogens is 1. The zero-order valence-corrected chi connectivity index (χ0v) is 25.4. The first-order valence-electron chi connectivity index (χ1n) is 14.5. The number of nitrogens with two attached hydrogens (primary N) is 1. The predicted molar refractivity (Wildman–Crippen MR) is 166 cm³/mol. The fourth-order valence-electron chi connectivity index (χ4n) is 3.69. The van der Waals surface area contributed by atoms with Gasteiger partial charge in [0.15, 0.2) is 5.78 Å². The van der Waals surface area contributed by atoms with Crippen molar-refractivity contribution in [2.45, 2.75) is 106 Å². The summed E-state index contributed by atoms with van der Waals surface area (Å²) in [6, 6.07) is 10.5. The zero-order valence-electron chi connectivity index (χ0n) is 25.4. The molecular formula is C33H53N3O3. The van der Waals surface area contributed by atoms with Gasteiger partial charge in [-0.25, -0.2) is 4.98 Å². The number of aliphatic hydroxyl groups is 1. The fraction of sp³-hybridized carbons (Fsp3) is 0.515. The van der Waals surface area contributed by atoms with Crippen molar-refractivity contribution in [1.82, 2.24) is 4.98 Å². The second kappa shape index (κ2) is 22.8. The Morgan fingerprint density at radius 2 is 1.67 bits per heavy atom. The van der Waals surface area contributed by atoms with Crippen molar-refractivity contribution in [3.63, 3.8) is 0 Å². The first-order valence-corrected chi connectivity index (χ1v) is 14.5. The van der Waals surface area contributed by atoms with Crippen LogP contribution in [0.3, 0.4) is 0 Å². The molecular weight excluding hydrogens is 486 g/mol. The normalized spacial score (nSPS) is 11.6. The van der Waals surface area contributed by atoms with Gasteiger partial charge in [0.2, 0.25) is 5.88 Å². The highest BCUT2D eigenvalue weighted by atomic mass is 16.5. The Morgan fingerprint density at radius 3 is 2.08 bits per heavy atom. The number of hydrogen-bond donors (Lipinski definition) is 3. The molecule has 218 valence electrons. The predicted octanol–water partition coefficient (Wildman–Crippen LogP) is 8.01. The van der Waals surface area contributed by atoms with Gasteiger partial charge in [-0.3, -0.25) is 4.79 Å². The monoisotopic (exact) mass is 539 g/mol. The number of ether oxygens (including phenoxy) is 1. The molecule has 1 unspecified atom stereocenters. The molecule has 0 spiro atoms. The van der Waals surface area contributed by atoms with Gasteiger partial charge in [-0.15, -0.1) is 0 Å². The molecule has 0 saturated carbocycles. The minimum Gasteiger partial charge on any atom is -0.477 e. The van der Waals surface area contributed by atoms with Gasteiger partial charge >= 0.3 is 0 Å². The number of nitrogens with one attached hydrogen (secondary N) is 1. The van der Waals surface area contributed by atoms with Gasteiger partial charge in [0, 0.05) is 5.70 Å². The van der Waals surface area contributed by atoms with Gasteiger partial charge < -0.3 is 20.9 Å². The van der Waals surface area contributed by atoms with Crippen molar-refractivity contribution in [3.05, 3.63) is 77.3 Å². The first kappa shape index (κ1) is 35.9. The number of ketones is 1. The van der Waals surface area contributed by atoms with E-state index in [-0.39, 0.29) is 11.9 Å². The number of carbonyl (C=O) groups is 1. The lowest BCUT2D eigenvalue weighted by Crippen LogP contribution is -2.06. The van der Waals surface area contributed by atoms with Crippen LogP contribution in [0.15, 0.2) is 60.6 Å². The minimum atomic E-state index is -0.0800. The molecule has 1 aromatic heterocycles. The van der Waals surface area contributed by atoms with Crippen molar-refractivity contribution in [1.29, 1.82) is 0 Å². The van der Waals surface area contributed by atoms with E-state index in [2.05, 4.69) is 55.3 Å². The molecule has 2 aromatic rings. The SMILES string of the molecule is C/C=C(\C=C/N)Nc1cnc(OCCC)c(C(C)=O)c1.CCCC(O)CC.CCCc1ccccc1CCC. The van der Waals surface area contributed by atoms with Gasteiger partial charge in [-0.2, -0.15) is 0 Å². The van der Waals surface area contributed by atoms with E-state index in [1.807, 2.05) is 26.8 Å². The van der Waals surface area contributed by atoms with E-state index in [4.69, 9.17) is 15.6 Å². The van der Waals surface area contributed by atoms with Crippen LogP contribution in [-0.2, 0) is 12.8 Å². The Labute approximate surface area is 237 Å². The number of pyridine rings is 1. The summed E-state index contributed by atoms with van der Waals surface area (Å²) in [4.78, 5) is 15.9. The lowest BCUT2D eigenvalue weighted by molar-refractivity contribution is 0.101. The van der Waals surface area contributed by atoms with Crippen molar-refractivity contribution < 1.29 is 14.6 Å². The van der Waals surface area contributed by atoms with Gasteiger partial charge in [-0.1, -0.05) is 84.2 Å². The van der Waals surface area contributed by atoms with Gasteiger partial charge in [0.1, 0.15) is 0 Å². The number of benzene rings is 1. The molecule has 4 N–H and O–H groups in total. The third kappa shape index (κ3) is 15.8. The number of aliphatic hydroxyl groups excluding tert-OH is 1. The highest BCUT2D eigenvalue weighted by molar-refractivity contribution is 5.97. The number of Topliss-reactive ketones (excluding diaryl/α,β-unsaturated/α-hetero) is 1. The minimum absolute atomic E-state index is 0.0509. The molecule has 0 aliphatic heterocycles. The van der Waals surface area contributed by atoms with Gasteiger partial charge in [-0.05, 0) is 75.4 Å². The third-order valence-corrected chi connectivity index (χ3v) is 5.80.